The minimum absolute atomic E-state index is 0.0796. The van der Waals surface area contributed by atoms with Gasteiger partial charge in [0.15, 0.2) is 0 Å². The van der Waals surface area contributed by atoms with Crippen LogP contribution in [0.25, 0.3) is 0 Å². The Hall–Kier alpha value is -3.25. The number of nitrogens with one attached hydrogen (secondary N) is 1. The molecule has 1 aromatic heterocycles. The van der Waals surface area contributed by atoms with Gasteiger partial charge in [0.1, 0.15) is 5.82 Å². The van der Waals surface area contributed by atoms with Crippen LogP contribution in [0.1, 0.15) is 46.4 Å². The second-order valence-electron chi connectivity index (χ2n) is 9.97. The molecule has 182 valence electrons. The molecule has 35 heavy (non-hydrogen) atoms. The maximum atomic E-state index is 13.5. The quantitative estimate of drug-likeness (QED) is 0.521. The highest BCUT2D eigenvalue weighted by atomic mass is 19.1. The number of halogens is 1. The van der Waals surface area contributed by atoms with Gasteiger partial charge in [-0.2, -0.15) is 0 Å². The molecule has 5 rings (SSSR count). The molecule has 0 saturated carbocycles. The normalized spacial score (nSPS) is 19.1. The number of benzene rings is 2. The maximum Gasteiger partial charge on any atom is 0.253 e. The van der Waals surface area contributed by atoms with Crippen LogP contribution in [-0.2, 0) is 17.7 Å². The van der Waals surface area contributed by atoms with E-state index in [9.17, 15) is 9.18 Å². The fourth-order valence-electron chi connectivity index (χ4n) is 5.30. The van der Waals surface area contributed by atoms with Crippen molar-refractivity contribution in [1.82, 2.24) is 9.88 Å². The van der Waals surface area contributed by atoms with Crippen LogP contribution in [0, 0.1) is 18.2 Å². The van der Waals surface area contributed by atoms with Crippen molar-refractivity contribution in [1.29, 1.82) is 0 Å². The topological polar surface area (TPSA) is 54.5 Å². The average molecular weight is 474 g/mol. The Bertz CT molecular complexity index is 1180. The Morgan fingerprint density at radius 1 is 1.14 bits per heavy atom. The number of anilines is 1. The second-order valence-corrected chi connectivity index (χ2v) is 9.97. The van der Waals surface area contributed by atoms with Gasteiger partial charge < -0.3 is 15.0 Å². The zero-order valence-corrected chi connectivity index (χ0v) is 20.2. The van der Waals surface area contributed by atoms with E-state index < -0.39 is 0 Å². The summed E-state index contributed by atoms with van der Waals surface area (Å²) in [7, 11) is 0. The van der Waals surface area contributed by atoms with E-state index in [0.29, 0.717) is 12.1 Å². The molecule has 2 aromatic carbocycles. The number of hydrogen-bond donors (Lipinski definition) is 1. The monoisotopic (exact) mass is 473 g/mol. The Morgan fingerprint density at radius 2 is 2.00 bits per heavy atom. The van der Waals surface area contributed by atoms with Crippen molar-refractivity contribution in [2.75, 3.05) is 25.0 Å². The summed E-state index contributed by atoms with van der Waals surface area (Å²) in [5, 5.41) is 3.42. The van der Waals surface area contributed by atoms with Crippen molar-refractivity contribution in [2.45, 2.75) is 45.3 Å². The van der Waals surface area contributed by atoms with E-state index in [-0.39, 0.29) is 23.2 Å². The first-order chi connectivity index (χ1) is 17.0. The molecule has 3 heterocycles. The predicted octanol–water partition coefficient (Wildman–Crippen LogP) is 5.40. The van der Waals surface area contributed by atoms with Crippen LogP contribution in [-0.4, -0.2) is 41.6 Å². The Balaban J connectivity index is 1.17. The molecule has 3 aromatic rings. The molecule has 2 aliphatic heterocycles. The minimum Gasteiger partial charge on any atom is -0.379 e. The van der Waals surface area contributed by atoms with Gasteiger partial charge in [-0.15, -0.1) is 0 Å². The molecule has 2 saturated heterocycles. The van der Waals surface area contributed by atoms with Gasteiger partial charge in [-0.3, -0.25) is 9.78 Å². The molecule has 0 unspecified atom stereocenters. The number of pyridine rings is 1. The number of hydrogen-bond acceptors (Lipinski definition) is 4. The van der Waals surface area contributed by atoms with Crippen LogP contribution in [0.2, 0.25) is 0 Å². The third kappa shape index (κ3) is 5.54. The second kappa shape index (κ2) is 10.2. The first-order valence-electron chi connectivity index (χ1n) is 12.4. The van der Waals surface area contributed by atoms with Gasteiger partial charge in [0, 0.05) is 30.5 Å². The summed E-state index contributed by atoms with van der Waals surface area (Å²) in [4.78, 5) is 19.6. The summed E-state index contributed by atoms with van der Waals surface area (Å²) in [6, 6.07) is 18.5. The van der Waals surface area contributed by atoms with Crippen molar-refractivity contribution >= 4 is 11.6 Å². The highest BCUT2D eigenvalue weighted by molar-refractivity contribution is 5.95. The van der Waals surface area contributed by atoms with Gasteiger partial charge in [0.2, 0.25) is 0 Å². The highest BCUT2D eigenvalue weighted by Crippen LogP contribution is 2.43. The van der Waals surface area contributed by atoms with Gasteiger partial charge in [-0.1, -0.05) is 24.3 Å². The van der Waals surface area contributed by atoms with E-state index in [1.54, 1.807) is 18.3 Å². The Kier molecular flexibility index (Phi) is 6.82. The number of ether oxygens (including phenoxy) is 1. The van der Waals surface area contributed by atoms with Crippen LogP contribution < -0.4 is 5.32 Å². The largest absolute Gasteiger partial charge is 0.379 e. The number of rotatable bonds is 6. The minimum atomic E-state index is -0.201. The van der Waals surface area contributed by atoms with Gasteiger partial charge in [-0.05, 0) is 85.5 Å². The summed E-state index contributed by atoms with van der Waals surface area (Å²) in [6.07, 6.45) is 5.48. The number of piperidine rings is 1. The molecule has 1 spiro atoms. The maximum absolute atomic E-state index is 13.5. The first-order valence-corrected chi connectivity index (χ1v) is 12.4. The molecular weight excluding hydrogens is 441 g/mol. The van der Waals surface area contributed by atoms with Crippen LogP contribution in [0.5, 0.6) is 0 Å². The smallest absolute Gasteiger partial charge is 0.253 e. The van der Waals surface area contributed by atoms with Crippen molar-refractivity contribution < 1.29 is 13.9 Å². The fraction of sp³-hybridized carbons (Fsp3) is 0.379. The van der Waals surface area contributed by atoms with Crippen molar-refractivity contribution in [3.63, 3.8) is 0 Å². The van der Waals surface area contributed by atoms with E-state index in [1.165, 1.54) is 6.07 Å². The van der Waals surface area contributed by atoms with Crippen molar-refractivity contribution in [2.24, 2.45) is 5.41 Å². The SMILES string of the molecule is Cc1ccc(C(=O)N2CCC3(CC2)CO[C@@H](Cc2cccc(F)c2)C3)cc1NCc1ccccn1. The van der Waals surface area contributed by atoms with E-state index in [2.05, 4.69) is 10.3 Å². The standard InChI is InChI=1S/C29H32FN3O2/c1-21-8-9-23(17-27(21)32-19-25-7-2-3-12-31-25)28(34)33-13-10-29(11-14-33)18-26(35-20-29)16-22-5-4-6-24(30)15-22/h2-9,12,15,17,26,32H,10-11,13-14,16,18-20H2,1H3/t26-/m0/s1. The third-order valence-corrected chi connectivity index (χ3v) is 7.42. The van der Waals surface area contributed by atoms with Crippen molar-refractivity contribution in [3.05, 3.63) is 95.1 Å². The lowest BCUT2D eigenvalue weighted by Crippen LogP contribution is -2.43. The lowest BCUT2D eigenvalue weighted by Gasteiger charge is -2.38. The molecule has 2 aliphatic rings. The number of likely N-dealkylation sites (tertiary alicyclic amines) is 1. The molecule has 6 heteroatoms. The molecule has 0 aliphatic carbocycles. The zero-order chi connectivity index (χ0) is 24.3. The van der Waals surface area contributed by atoms with E-state index in [0.717, 1.165) is 67.9 Å². The molecule has 1 amide bonds. The lowest BCUT2D eigenvalue weighted by atomic mass is 9.76. The number of nitrogens with zero attached hydrogens (tertiary/aromatic N) is 2. The van der Waals surface area contributed by atoms with Gasteiger partial charge in [0.25, 0.3) is 5.91 Å². The number of amides is 1. The van der Waals surface area contributed by atoms with Gasteiger partial charge >= 0.3 is 0 Å². The summed E-state index contributed by atoms with van der Waals surface area (Å²) >= 11 is 0. The number of aromatic nitrogens is 1. The molecule has 0 bridgehead atoms. The predicted molar refractivity (Wildman–Crippen MR) is 135 cm³/mol. The molecule has 0 radical (unpaired) electrons. The van der Waals surface area contributed by atoms with E-state index in [1.807, 2.05) is 54.3 Å². The lowest BCUT2D eigenvalue weighted by molar-refractivity contribution is 0.0496. The Labute approximate surface area is 206 Å². The van der Waals surface area contributed by atoms with Crippen LogP contribution in [0.3, 0.4) is 0 Å². The third-order valence-electron chi connectivity index (χ3n) is 7.42. The van der Waals surface area contributed by atoms with Crippen LogP contribution in [0.15, 0.2) is 66.9 Å². The van der Waals surface area contributed by atoms with Gasteiger partial charge in [0.05, 0.1) is 24.9 Å². The number of carbonyl (C=O) groups is 1. The number of aryl methyl sites for hydroxylation is 1. The van der Waals surface area contributed by atoms with E-state index >= 15 is 0 Å². The van der Waals surface area contributed by atoms with Crippen LogP contribution >= 0.6 is 0 Å². The molecule has 1 N–H and O–H groups in total. The Morgan fingerprint density at radius 3 is 2.77 bits per heavy atom. The molecular formula is C29H32FN3O2. The van der Waals surface area contributed by atoms with E-state index in [4.69, 9.17) is 4.74 Å². The molecule has 1 atom stereocenters. The first kappa shape index (κ1) is 23.5. The van der Waals surface area contributed by atoms with Gasteiger partial charge in [-0.25, -0.2) is 4.39 Å². The van der Waals surface area contributed by atoms with Crippen LogP contribution in [0.4, 0.5) is 10.1 Å². The summed E-state index contributed by atoms with van der Waals surface area (Å²) < 4.78 is 19.7. The highest BCUT2D eigenvalue weighted by Gasteiger charge is 2.43. The summed E-state index contributed by atoms with van der Waals surface area (Å²) in [6.45, 7) is 4.85. The summed E-state index contributed by atoms with van der Waals surface area (Å²) in [5.74, 6) is -0.121. The summed E-state index contributed by atoms with van der Waals surface area (Å²) in [5.41, 5.74) is 4.83. The zero-order valence-electron chi connectivity index (χ0n) is 20.2. The van der Waals surface area contributed by atoms with Crippen molar-refractivity contribution in [3.8, 4) is 0 Å². The average Bonchev–Trinajstić information content (AvgIpc) is 3.26. The number of carbonyl (C=O) groups excluding carboxylic acids is 1. The molecule has 5 nitrogen and oxygen atoms in total. The molecule has 2 fully saturated rings. The fourth-order valence-corrected chi connectivity index (χ4v) is 5.30.